The number of pyridine rings is 1. The summed E-state index contributed by atoms with van der Waals surface area (Å²) in [4.78, 5) is 21.0. The predicted octanol–water partition coefficient (Wildman–Crippen LogP) is 0.900. The Balaban J connectivity index is 0.00000161. The molecule has 3 heterocycles. The van der Waals surface area contributed by atoms with Gasteiger partial charge < -0.3 is 10.2 Å². The van der Waals surface area contributed by atoms with Crippen molar-refractivity contribution in [3.05, 3.63) is 30.1 Å². The molecule has 0 bridgehead atoms. The fourth-order valence-corrected chi connectivity index (χ4v) is 2.96. The summed E-state index contributed by atoms with van der Waals surface area (Å²) in [6.07, 6.45) is 3.95. The molecule has 6 heteroatoms. The molecule has 1 atom stereocenters. The second kappa shape index (κ2) is 7.73. The lowest BCUT2D eigenvalue weighted by Crippen LogP contribution is -2.52. The maximum atomic E-state index is 12.3. The van der Waals surface area contributed by atoms with E-state index in [4.69, 9.17) is 0 Å². The van der Waals surface area contributed by atoms with Gasteiger partial charge in [-0.15, -0.1) is 12.4 Å². The largest absolute Gasteiger partial charge is 0.339 e. The Morgan fingerprint density at radius 1 is 1.29 bits per heavy atom. The van der Waals surface area contributed by atoms with E-state index < -0.39 is 0 Å². The molecule has 1 unspecified atom stereocenters. The van der Waals surface area contributed by atoms with Crippen LogP contribution in [0.4, 0.5) is 0 Å². The number of nitrogens with zero attached hydrogens (tertiary/aromatic N) is 3. The van der Waals surface area contributed by atoms with Crippen LogP contribution >= 0.6 is 12.4 Å². The maximum absolute atomic E-state index is 12.3. The van der Waals surface area contributed by atoms with Crippen LogP contribution in [0.3, 0.4) is 0 Å². The number of piperazine rings is 1. The molecule has 2 aliphatic heterocycles. The summed E-state index contributed by atoms with van der Waals surface area (Å²) in [6, 6.07) is 6.08. The number of aromatic nitrogens is 1. The Morgan fingerprint density at radius 2 is 2.10 bits per heavy atom. The Morgan fingerprint density at radius 3 is 2.71 bits per heavy atom. The van der Waals surface area contributed by atoms with E-state index in [0.717, 1.165) is 57.8 Å². The van der Waals surface area contributed by atoms with E-state index in [-0.39, 0.29) is 18.4 Å². The van der Waals surface area contributed by atoms with Gasteiger partial charge in [-0.25, -0.2) is 0 Å². The second-order valence-corrected chi connectivity index (χ2v) is 5.57. The molecule has 1 amide bonds. The topological polar surface area (TPSA) is 48.5 Å². The molecule has 116 valence electrons. The Hall–Kier alpha value is -1.17. The van der Waals surface area contributed by atoms with Gasteiger partial charge in [-0.1, -0.05) is 6.07 Å². The first-order chi connectivity index (χ1) is 9.83. The number of halogens is 1. The first-order valence-electron chi connectivity index (χ1n) is 7.47. The lowest BCUT2D eigenvalue weighted by molar-refractivity contribution is -0.134. The minimum absolute atomic E-state index is 0. The van der Waals surface area contributed by atoms with Gasteiger partial charge in [0.2, 0.25) is 5.91 Å². The van der Waals surface area contributed by atoms with E-state index in [1.165, 1.54) is 0 Å². The highest BCUT2D eigenvalue weighted by Gasteiger charge is 2.29. The minimum Gasteiger partial charge on any atom is -0.339 e. The zero-order valence-corrected chi connectivity index (χ0v) is 13.0. The lowest BCUT2D eigenvalue weighted by atomic mass is 10.2. The van der Waals surface area contributed by atoms with Crippen LogP contribution in [-0.4, -0.2) is 59.5 Å². The Labute approximate surface area is 132 Å². The molecule has 3 rings (SSSR count). The third kappa shape index (κ3) is 4.15. The van der Waals surface area contributed by atoms with E-state index in [0.29, 0.717) is 5.91 Å². The minimum atomic E-state index is 0. The average molecular weight is 311 g/mol. The van der Waals surface area contributed by atoms with Gasteiger partial charge >= 0.3 is 0 Å². The van der Waals surface area contributed by atoms with Gasteiger partial charge in [0.1, 0.15) is 0 Å². The van der Waals surface area contributed by atoms with Crippen molar-refractivity contribution < 1.29 is 4.79 Å². The SMILES string of the molecule is Cl.O=C(C1CCCN1)N1CCN(Cc2ccccn2)CC1. The van der Waals surface area contributed by atoms with Crippen molar-refractivity contribution in [2.24, 2.45) is 0 Å². The number of hydrogen-bond acceptors (Lipinski definition) is 4. The first-order valence-corrected chi connectivity index (χ1v) is 7.47. The highest BCUT2D eigenvalue weighted by molar-refractivity contribution is 5.85. The molecule has 2 saturated heterocycles. The van der Waals surface area contributed by atoms with E-state index in [9.17, 15) is 4.79 Å². The molecule has 2 aliphatic rings. The molecule has 0 spiro atoms. The summed E-state index contributed by atoms with van der Waals surface area (Å²) in [6.45, 7) is 5.42. The number of hydrogen-bond donors (Lipinski definition) is 1. The molecule has 1 aromatic rings. The van der Waals surface area contributed by atoms with Crippen molar-refractivity contribution in [2.45, 2.75) is 25.4 Å². The third-order valence-corrected chi connectivity index (χ3v) is 4.15. The van der Waals surface area contributed by atoms with Gasteiger partial charge in [-0.2, -0.15) is 0 Å². The van der Waals surface area contributed by atoms with Crippen molar-refractivity contribution in [1.82, 2.24) is 20.1 Å². The van der Waals surface area contributed by atoms with Gasteiger partial charge in [-0.05, 0) is 31.5 Å². The molecule has 1 N–H and O–H groups in total. The number of carbonyl (C=O) groups is 1. The predicted molar refractivity (Wildman–Crippen MR) is 84.4 cm³/mol. The first kappa shape index (κ1) is 16.2. The highest BCUT2D eigenvalue weighted by atomic mass is 35.5. The van der Waals surface area contributed by atoms with Crippen molar-refractivity contribution >= 4 is 18.3 Å². The number of rotatable bonds is 3. The molecular weight excluding hydrogens is 288 g/mol. The molecule has 0 saturated carbocycles. The van der Waals surface area contributed by atoms with Gasteiger partial charge in [0.05, 0.1) is 11.7 Å². The van der Waals surface area contributed by atoms with E-state index >= 15 is 0 Å². The summed E-state index contributed by atoms with van der Waals surface area (Å²) in [5.41, 5.74) is 1.10. The molecule has 2 fully saturated rings. The average Bonchev–Trinajstić information content (AvgIpc) is 3.03. The fourth-order valence-electron chi connectivity index (χ4n) is 2.96. The molecule has 5 nitrogen and oxygen atoms in total. The number of amides is 1. The number of carbonyl (C=O) groups excluding carboxylic acids is 1. The van der Waals surface area contributed by atoms with Crippen LogP contribution in [0.2, 0.25) is 0 Å². The van der Waals surface area contributed by atoms with Crippen LogP contribution in [0.15, 0.2) is 24.4 Å². The third-order valence-electron chi connectivity index (χ3n) is 4.15. The second-order valence-electron chi connectivity index (χ2n) is 5.57. The van der Waals surface area contributed by atoms with Crippen LogP contribution in [0.25, 0.3) is 0 Å². The Bertz CT molecular complexity index is 442. The zero-order chi connectivity index (χ0) is 13.8. The normalized spacial score (nSPS) is 22.9. The molecule has 1 aromatic heterocycles. The molecule has 0 radical (unpaired) electrons. The van der Waals surface area contributed by atoms with Gasteiger partial charge in [0.25, 0.3) is 0 Å². The van der Waals surface area contributed by atoms with Gasteiger partial charge in [-0.3, -0.25) is 14.7 Å². The summed E-state index contributed by atoms with van der Waals surface area (Å²) >= 11 is 0. The van der Waals surface area contributed by atoms with Crippen LogP contribution in [0, 0.1) is 0 Å². The zero-order valence-electron chi connectivity index (χ0n) is 12.2. The molecule has 21 heavy (non-hydrogen) atoms. The van der Waals surface area contributed by atoms with E-state index in [1.54, 1.807) is 0 Å². The van der Waals surface area contributed by atoms with Gasteiger partial charge in [0, 0.05) is 38.9 Å². The lowest BCUT2D eigenvalue weighted by Gasteiger charge is -2.35. The van der Waals surface area contributed by atoms with Crippen LogP contribution in [0.1, 0.15) is 18.5 Å². The molecule has 0 aliphatic carbocycles. The summed E-state index contributed by atoms with van der Waals surface area (Å²) in [7, 11) is 0. The van der Waals surface area contributed by atoms with Crippen molar-refractivity contribution in [1.29, 1.82) is 0 Å². The summed E-state index contributed by atoms with van der Waals surface area (Å²) in [5, 5.41) is 3.29. The summed E-state index contributed by atoms with van der Waals surface area (Å²) in [5.74, 6) is 0.292. The van der Waals surface area contributed by atoms with Crippen LogP contribution in [0.5, 0.6) is 0 Å². The maximum Gasteiger partial charge on any atom is 0.239 e. The number of nitrogens with one attached hydrogen (secondary N) is 1. The van der Waals surface area contributed by atoms with Crippen LogP contribution in [-0.2, 0) is 11.3 Å². The highest BCUT2D eigenvalue weighted by Crippen LogP contribution is 2.12. The monoisotopic (exact) mass is 310 g/mol. The van der Waals surface area contributed by atoms with E-state index in [2.05, 4.69) is 21.3 Å². The van der Waals surface area contributed by atoms with Crippen molar-refractivity contribution in [3.63, 3.8) is 0 Å². The van der Waals surface area contributed by atoms with Crippen molar-refractivity contribution in [3.8, 4) is 0 Å². The smallest absolute Gasteiger partial charge is 0.239 e. The Kier molecular flexibility index (Phi) is 5.96. The molecular formula is C15H23ClN4O. The quantitative estimate of drug-likeness (QED) is 0.901. The van der Waals surface area contributed by atoms with Gasteiger partial charge in [0.15, 0.2) is 0 Å². The van der Waals surface area contributed by atoms with Crippen LogP contribution < -0.4 is 5.32 Å². The standard InChI is InChI=1S/C15H22N4O.ClH/c20-15(14-5-3-7-17-14)19-10-8-18(9-11-19)12-13-4-1-2-6-16-13;/h1-2,4,6,14,17H,3,5,7-12H2;1H. The van der Waals surface area contributed by atoms with Crippen molar-refractivity contribution in [2.75, 3.05) is 32.7 Å². The molecule has 0 aromatic carbocycles. The summed E-state index contributed by atoms with van der Waals surface area (Å²) < 4.78 is 0. The van der Waals surface area contributed by atoms with E-state index in [1.807, 2.05) is 23.2 Å². The fraction of sp³-hybridized carbons (Fsp3) is 0.600.